The van der Waals surface area contributed by atoms with Crippen LogP contribution in [0.15, 0.2) is 59.7 Å². The Labute approximate surface area is 187 Å². The molecule has 168 valence electrons. The van der Waals surface area contributed by atoms with Gasteiger partial charge in [-0.25, -0.2) is 5.01 Å². The summed E-state index contributed by atoms with van der Waals surface area (Å²) in [6, 6.07) is 15.4. The molecule has 1 aliphatic heterocycles. The highest BCUT2D eigenvalue weighted by molar-refractivity contribution is 6.40. The number of anilines is 1. The van der Waals surface area contributed by atoms with E-state index in [1.54, 1.807) is 69.5 Å². The first-order valence-electron chi connectivity index (χ1n) is 10.5. The lowest BCUT2D eigenvalue weighted by molar-refractivity contribution is -0.148. The Bertz CT molecular complexity index is 986. The molecule has 0 aliphatic carbocycles. The number of carbonyl (C=O) groups is 3. The van der Waals surface area contributed by atoms with Crippen LogP contribution in [0.1, 0.15) is 44.7 Å². The second-order valence-electron chi connectivity index (χ2n) is 7.63. The highest BCUT2D eigenvalue weighted by Gasteiger charge is 2.28. The summed E-state index contributed by atoms with van der Waals surface area (Å²) in [4.78, 5) is 37.7. The molecule has 3 rings (SSSR count). The zero-order chi connectivity index (χ0) is 23.1. The molecule has 0 spiro atoms. The van der Waals surface area contributed by atoms with Crippen LogP contribution in [0, 0.1) is 0 Å². The van der Waals surface area contributed by atoms with Crippen molar-refractivity contribution in [3.8, 4) is 5.75 Å². The lowest BCUT2D eigenvalue weighted by Crippen LogP contribution is -2.41. The summed E-state index contributed by atoms with van der Waals surface area (Å²) in [7, 11) is 1.56. The van der Waals surface area contributed by atoms with Gasteiger partial charge in [0, 0.05) is 12.8 Å². The molecule has 1 heterocycles. The van der Waals surface area contributed by atoms with Gasteiger partial charge in [0.2, 0.25) is 5.91 Å². The molecule has 0 saturated carbocycles. The fourth-order valence-electron chi connectivity index (χ4n) is 3.30. The zero-order valence-corrected chi connectivity index (χ0v) is 18.4. The van der Waals surface area contributed by atoms with Gasteiger partial charge < -0.3 is 14.8 Å². The van der Waals surface area contributed by atoms with Gasteiger partial charge in [-0.15, -0.1) is 0 Å². The molecule has 32 heavy (non-hydrogen) atoms. The van der Waals surface area contributed by atoms with Gasteiger partial charge in [-0.3, -0.25) is 14.4 Å². The minimum Gasteiger partial charge on any atom is -0.497 e. The topological polar surface area (TPSA) is 97.3 Å². The van der Waals surface area contributed by atoms with E-state index in [0.29, 0.717) is 11.4 Å². The molecular formula is C24H27N3O5. The highest BCUT2D eigenvalue weighted by Crippen LogP contribution is 2.23. The van der Waals surface area contributed by atoms with Crippen molar-refractivity contribution in [3.63, 3.8) is 0 Å². The van der Waals surface area contributed by atoms with Crippen molar-refractivity contribution < 1.29 is 23.9 Å². The molecule has 2 aromatic carbocycles. The Hall–Kier alpha value is -3.68. The van der Waals surface area contributed by atoms with Crippen LogP contribution >= 0.6 is 0 Å². The first-order chi connectivity index (χ1) is 15.4. The number of methoxy groups -OCH3 is 1. The second kappa shape index (κ2) is 10.6. The number of esters is 1. The van der Waals surface area contributed by atoms with Crippen LogP contribution in [-0.2, 0) is 19.1 Å². The third-order valence-corrected chi connectivity index (χ3v) is 4.86. The van der Waals surface area contributed by atoms with Crippen molar-refractivity contribution in [1.29, 1.82) is 0 Å². The summed E-state index contributed by atoms with van der Waals surface area (Å²) in [6.07, 6.45) is 0.0943. The Morgan fingerprint density at radius 1 is 1.06 bits per heavy atom. The molecule has 0 aromatic heterocycles. The Balaban J connectivity index is 1.81. The quantitative estimate of drug-likeness (QED) is 0.639. The number of para-hydroxylation sites is 1. The summed E-state index contributed by atoms with van der Waals surface area (Å²) < 4.78 is 10.5. The fourth-order valence-corrected chi connectivity index (χ4v) is 3.30. The molecule has 0 radical (unpaired) electrons. The van der Waals surface area contributed by atoms with Gasteiger partial charge in [-0.1, -0.05) is 30.3 Å². The molecule has 2 aromatic rings. The molecule has 8 heteroatoms. The number of nitrogens with zero attached hydrogens (tertiary/aromatic N) is 2. The van der Waals surface area contributed by atoms with Crippen LogP contribution in [0.25, 0.3) is 0 Å². The molecule has 2 amide bonds. The SMILES string of the molecule is COc1ccc(C(CC(=O)OC(C)C)NC(=O)C2=NN(c3ccccc3)C(=O)CC2)cc1. The first-order valence-corrected chi connectivity index (χ1v) is 10.5. The maximum Gasteiger partial charge on any atom is 0.308 e. The van der Waals surface area contributed by atoms with Crippen molar-refractivity contribution in [2.45, 2.75) is 45.3 Å². The summed E-state index contributed by atoms with van der Waals surface area (Å²) in [6.45, 7) is 3.54. The number of ether oxygens (including phenoxy) is 2. The van der Waals surface area contributed by atoms with Crippen LogP contribution in [0.4, 0.5) is 5.69 Å². The highest BCUT2D eigenvalue weighted by atomic mass is 16.5. The number of hydrazone groups is 1. The predicted molar refractivity (Wildman–Crippen MR) is 120 cm³/mol. The lowest BCUT2D eigenvalue weighted by Gasteiger charge is -2.25. The van der Waals surface area contributed by atoms with E-state index in [0.717, 1.165) is 5.56 Å². The monoisotopic (exact) mass is 437 g/mol. The second-order valence-corrected chi connectivity index (χ2v) is 7.63. The van der Waals surface area contributed by atoms with E-state index in [1.807, 2.05) is 6.07 Å². The van der Waals surface area contributed by atoms with Crippen LogP contribution in [0.2, 0.25) is 0 Å². The molecule has 1 atom stereocenters. The molecule has 1 unspecified atom stereocenters. The molecule has 8 nitrogen and oxygen atoms in total. The van der Waals surface area contributed by atoms with Gasteiger partial charge in [0.1, 0.15) is 11.5 Å². The average molecular weight is 437 g/mol. The van der Waals surface area contributed by atoms with Crippen molar-refractivity contribution in [2.24, 2.45) is 5.10 Å². The molecule has 1 aliphatic rings. The van der Waals surface area contributed by atoms with Crippen molar-refractivity contribution in [1.82, 2.24) is 5.32 Å². The Morgan fingerprint density at radius 2 is 1.75 bits per heavy atom. The number of amides is 2. The summed E-state index contributed by atoms with van der Waals surface area (Å²) in [5.74, 6) is -0.374. The third-order valence-electron chi connectivity index (χ3n) is 4.86. The van der Waals surface area contributed by atoms with Crippen LogP contribution in [0.3, 0.4) is 0 Å². The van der Waals surface area contributed by atoms with Gasteiger partial charge in [0.25, 0.3) is 5.91 Å². The predicted octanol–water partition coefficient (Wildman–Crippen LogP) is 3.38. The molecule has 1 N–H and O–H groups in total. The number of rotatable bonds is 8. The van der Waals surface area contributed by atoms with E-state index < -0.39 is 17.9 Å². The molecular weight excluding hydrogens is 410 g/mol. The molecule has 0 fully saturated rings. The maximum absolute atomic E-state index is 13.0. The first kappa shape index (κ1) is 23.0. The largest absolute Gasteiger partial charge is 0.497 e. The van der Waals surface area contributed by atoms with E-state index in [2.05, 4.69) is 10.4 Å². The van der Waals surface area contributed by atoms with E-state index in [9.17, 15) is 14.4 Å². The number of hydrogen-bond donors (Lipinski definition) is 1. The van der Waals surface area contributed by atoms with Crippen molar-refractivity contribution in [3.05, 3.63) is 60.2 Å². The standard InChI is InChI=1S/C24H27N3O5/c1-16(2)32-23(29)15-21(17-9-11-19(31-3)12-10-17)25-24(30)20-13-14-22(28)27(26-20)18-7-5-4-6-8-18/h4-12,16,21H,13-15H2,1-3H3,(H,25,30). The third kappa shape index (κ3) is 5.94. The Morgan fingerprint density at radius 3 is 2.38 bits per heavy atom. The van der Waals surface area contributed by atoms with Crippen LogP contribution in [-0.4, -0.2) is 36.7 Å². The number of carbonyl (C=O) groups excluding carboxylic acids is 3. The Kier molecular flexibility index (Phi) is 7.59. The molecule has 0 bridgehead atoms. The van der Waals surface area contributed by atoms with E-state index in [4.69, 9.17) is 9.47 Å². The normalized spacial score (nSPS) is 14.6. The zero-order valence-electron chi connectivity index (χ0n) is 18.4. The van der Waals surface area contributed by atoms with Gasteiger partial charge in [-0.05, 0) is 43.7 Å². The number of nitrogens with one attached hydrogen (secondary N) is 1. The van der Waals surface area contributed by atoms with Crippen LogP contribution < -0.4 is 15.1 Å². The van der Waals surface area contributed by atoms with Gasteiger partial charge >= 0.3 is 5.97 Å². The minimum atomic E-state index is -0.620. The van der Waals surface area contributed by atoms with E-state index >= 15 is 0 Å². The minimum absolute atomic E-state index is 0.0368. The number of benzene rings is 2. The smallest absolute Gasteiger partial charge is 0.308 e. The lowest BCUT2D eigenvalue weighted by atomic mass is 10.0. The van der Waals surface area contributed by atoms with Gasteiger partial charge in [0.05, 0.1) is 31.4 Å². The number of hydrogen-bond acceptors (Lipinski definition) is 6. The van der Waals surface area contributed by atoms with Crippen molar-refractivity contribution in [2.75, 3.05) is 12.1 Å². The van der Waals surface area contributed by atoms with Crippen molar-refractivity contribution >= 4 is 29.2 Å². The summed E-state index contributed by atoms with van der Waals surface area (Å²) >= 11 is 0. The molecule has 0 saturated heterocycles. The summed E-state index contributed by atoms with van der Waals surface area (Å²) in [5.41, 5.74) is 1.55. The maximum atomic E-state index is 13.0. The van der Waals surface area contributed by atoms with E-state index in [-0.39, 0.29) is 37.0 Å². The fraction of sp³-hybridized carbons (Fsp3) is 0.333. The average Bonchev–Trinajstić information content (AvgIpc) is 2.79. The summed E-state index contributed by atoms with van der Waals surface area (Å²) in [5, 5.41) is 8.41. The van der Waals surface area contributed by atoms with E-state index in [1.165, 1.54) is 5.01 Å². The van der Waals surface area contributed by atoms with Gasteiger partial charge in [0.15, 0.2) is 0 Å². The van der Waals surface area contributed by atoms with Crippen LogP contribution in [0.5, 0.6) is 5.75 Å². The van der Waals surface area contributed by atoms with Gasteiger partial charge in [-0.2, -0.15) is 5.10 Å².